The molecule has 2 bridgehead atoms. The van der Waals surface area contributed by atoms with E-state index in [1.165, 1.54) is 0 Å². The first-order valence-electron chi connectivity index (χ1n) is 9.70. The molecule has 0 radical (unpaired) electrons. The lowest BCUT2D eigenvalue weighted by atomic mass is 10.0. The zero-order valence-corrected chi connectivity index (χ0v) is 15.7. The third-order valence-electron chi connectivity index (χ3n) is 6.06. The van der Waals surface area contributed by atoms with Gasteiger partial charge in [-0.25, -0.2) is 0 Å². The molecule has 2 fully saturated rings. The van der Waals surface area contributed by atoms with Crippen molar-refractivity contribution in [1.82, 2.24) is 20.0 Å². The fourth-order valence-electron chi connectivity index (χ4n) is 4.76. The van der Waals surface area contributed by atoms with E-state index in [4.69, 9.17) is 0 Å². The van der Waals surface area contributed by atoms with Crippen LogP contribution in [0.1, 0.15) is 33.7 Å². The van der Waals surface area contributed by atoms with Crippen molar-refractivity contribution in [3.8, 4) is 0 Å². The van der Waals surface area contributed by atoms with Crippen LogP contribution in [0.15, 0.2) is 54.6 Å². The number of nitrogens with one attached hydrogen (secondary N) is 1. The summed E-state index contributed by atoms with van der Waals surface area (Å²) in [6.45, 7) is 0.742. The Kier molecular flexibility index (Phi) is 3.93. The summed E-state index contributed by atoms with van der Waals surface area (Å²) in [6, 6.07) is 17.1. The zero-order chi connectivity index (χ0) is 19.3. The van der Waals surface area contributed by atoms with Gasteiger partial charge in [0.05, 0.1) is 11.6 Å². The molecular weight excluding hydrogens is 352 g/mol. The average molecular weight is 374 g/mol. The molecule has 1 saturated heterocycles. The number of piperidine rings is 1. The summed E-state index contributed by atoms with van der Waals surface area (Å²) in [4.78, 5) is 27.8. The minimum atomic E-state index is -0.0752. The van der Waals surface area contributed by atoms with Gasteiger partial charge >= 0.3 is 0 Å². The first-order chi connectivity index (χ1) is 13.6. The Morgan fingerprint density at radius 1 is 1.04 bits per heavy atom. The van der Waals surface area contributed by atoms with Gasteiger partial charge in [0.1, 0.15) is 0 Å². The van der Waals surface area contributed by atoms with Gasteiger partial charge in [-0.3, -0.25) is 14.3 Å². The van der Waals surface area contributed by atoms with Crippen molar-refractivity contribution in [2.75, 3.05) is 6.54 Å². The Balaban J connectivity index is 1.38. The Labute approximate surface area is 163 Å². The fraction of sp³-hybridized carbons (Fsp3) is 0.318. The molecule has 1 aliphatic carbocycles. The zero-order valence-electron chi connectivity index (χ0n) is 15.7. The number of aryl methyl sites for hydroxylation is 1. The highest BCUT2D eigenvalue weighted by atomic mass is 16.2. The van der Waals surface area contributed by atoms with Crippen molar-refractivity contribution < 1.29 is 9.59 Å². The Morgan fingerprint density at radius 2 is 1.79 bits per heavy atom. The monoisotopic (exact) mass is 374 g/mol. The number of carbonyl (C=O) groups excluding carboxylic acids is 2. The first-order valence-corrected chi connectivity index (χ1v) is 9.70. The fourth-order valence-corrected chi connectivity index (χ4v) is 4.76. The molecule has 6 nitrogen and oxygen atoms in total. The second kappa shape index (κ2) is 6.48. The molecule has 2 aromatic carbocycles. The molecule has 3 atom stereocenters. The summed E-state index contributed by atoms with van der Waals surface area (Å²) >= 11 is 0. The molecule has 28 heavy (non-hydrogen) atoms. The summed E-state index contributed by atoms with van der Waals surface area (Å²) in [5, 5.41) is 8.51. The highest BCUT2D eigenvalue weighted by molar-refractivity contribution is 6.05. The number of aromatic nitrogens is 2. The van der Waals surface area contributed by atoms with E-state index in [0.717, 1.165) is 30.3 Å². The maximum absolute atomic E-state index is 13.3. The normalized spacial score (nSPS) is 23.3. The maximum atomic E-state index is 13.3. The summed E-state index contributed by atoms with van der Waals surface area (Å²) in [6.07, 6.45) is 1.87. The van der Waals surface area contributed by atoms with E-state index in [9.17, 15) is 9.59 Å². The lowest BCUT2D eigenvalue weighted by Crippen LogP contribution is -2.52. The Morgan fingerprint density at radius 3 is 2.57 bits per heavy atom. The van der Waals surface area contributed by atoms with Crippen molar-refractivity contribution >= 4 is 22.7 Å². The minimum Gasteiger partial charge on any atom is -0.347 e. The topological polar surface area (TPSA) is 67.2 Å². The summed E-state index contributed by atoms with van der Waals surface area (Å²) in [7, 11) is 1.86. The van der Waals surface area contributed by atoms with Gasteiger partial charge in [0, 0.05) is 30.6 Å². The molecule has 6 heteroatoms. The van der Waals surface area contributed by atoms with Crippen molar-refractivity contribution in [2.45, 2.75) is 24.9 Å². The number of amides is 2. The van der Waals surface area contributed by atoms with Gasteiger partial charge in [0.25, 0.3) is 11.8 Å². The highest BCUT2D eigenvalue weighted by Crippen LogP contribution is 2.39. The lowest BCUT2D eigenvalue weighted by Gasteiger charge is -2.33. The molecule has 2 amide bonds. The van der Waals surface area contributed by atoms with E-state index in [1.807, 2.05) is 66.5 Å². The van der Waals surface area contributed by atoms with Crippen LogP contribution in [0.3, 0.4) is 0 Å². The molecule has 5 rings (SSSR count). The number of fused-ring (bicyclic) bond motifs is 3. The number of likely N-dealkylation sites (tertiary alicyclic amines) is 1. The number of rotatable bonds is 3. The van der Waals surface area contributed by atoms with E-state index in [2.05, 4.69) is 10.4 Å². The van der Waals surface area contributed by atoms with Crippen LogP contribution in [-0.4, -0.2) is 45.1 Å². The predicted octanol–water partition coefficient (Wildman–Crippen LogP) is 2.61. The van der Waals surface area contributed by atoms with Gasteiger partial charge in [-0.1, -0.05) is 36.4 Å². The van der Waals surface area contributed by atoms with Gasteiger partial charge in [-0.15, -0.1) is 0 Å². The molecule has 3 aromatic rings. The summed E-state index contributed by atoms with van der Waals surface area (Å²) < 4.78 is 1.76. The van der Waals surface area contributed by atoms with Gasteiger partial charge in [-0.2, -0.15) is 5.10 Å². The number of benzene rings is 2. The lowest BCUT2D eigenvalue weighted by molar-refractivity contribution is 0.0644. The largest absolute Gasteiger partial charge is 0.347 e. The number of para-hydroxylation sites is 1. The number of nitrogens with zero attached hydrogens (tertiary/aromatic N) is 3. The third kappa shape index (κ3) is 2.68. The molecule has 2 aliphatic rings. The molecule has 1 aliphatic heterocycles. The quantitative estimate of drug-likeness (QED) is 0.766. The van der Waals surface area contributed by atoms with Gasteiger partial charge < -0.3 is 10.2 Å². The van der Waals surface area contributed by atoms with E-state index in [0.29, 0.717) is 17.2 Å². The molecule has 142 valence electrons. The highest BCUT2D eigenvalue weighted by Gasteiger charge is 2.48. The summed E-state index contributed by atoms with van der Waals surface area (Å²) in [5.41, 5.74) is 2.10. The Hall–Kier alpha value is -3.15. The van der Waals surface area contributed by atoms with E-state index >= 15 is 0 Å². The van der Waals surface area contributed by atoms with Gasteiger partial charge in [0.15, 0.2) is 5.69 Å². The number of carbonyl (C=O) groups is 2. The van der Waals surface area contributed by atoms with Gasteiger partial charge in [-0.05, 0) is 37.0 Å². The average Bonchev–Trinajstić information content (AvgIpc) is 3.41. The standard InChI is InChI=1S/C22H22N4O2/c1-25-18-10-6-5-9-16(18)20(24-25)22(28)26-13-14-11-17(19(26)12-14)23-21(27)15-7-3-2-4-8-15/h2-10,14,17,19H,11-13H2,1H3,(H,23,27)/t14-,17+,19-/m1/s1. The van der Waals surface area contributed by atoms with E-state index in [1.54, 1.807) is 4.68 Å². The van der Waals surface area contributed by atoms with Crippen molar-refractivity contribution in [3.63, 3.8) is 0 Å². The molecule has 1 aromatic heterocycles. The van der Waals surface area contributed by atoms with Crippen LogP contribution in [0.2, 0.25) is 0 Å². The molecule has 1 N–H and O–H groups in total. The van der Waals surface area contributed by atoms with Crippen LogP contribution in [0.25, 0.3) is 10.9 Å². The van der Waals surface area contributed by atoms with Crippen LogP contribution in [0.4, 0.5) is 0 Å². The molecular formula is C22H22N4O2. The van der Waals surface area contributed by atoms with Crippen LogP contribution in [0.5, 0.6) is 0 Å². The van der Waals surface area contributed by atoms with Crippen molar-refractivity contribution in [1.29, 1.82) is 0 Å². The maximum Gasteiger partial charge on any atom is 0.275 e. The molecule has 2 heterocycles. The molecule has 0 spiro atoms. The SMILES string of the molecule is Cn1nc(C(=O)N2C[C@@H]3C[C@H](NC(=O)c4ccccc4)[C@H]2C3)c2ccccc21. The molecule has 1 saturated carbocycles. The van der Waals surface area contributed by atoms with Crippen LogP contribution >= 0.6 is 0 Å². The van der Waals surface area contributed by atoms with E-state index < -0.39 is 0 Å². The van der Waals surface area contributed by atoms with Crippen LogP contribution in [-0.2, 0) is 7.05 Å². The van der Waals surface area contributed by atoms with Gasteiger partial charge in [0.2, 0.25) is 0 Å². The number of hydrogen-bond acceptors (Lipinski definition) is 3. The van der Waals surface area contributed by atoms with Crippen LogP contribution < -0.4 is 5.32 Å². The third-order valence-corrected chi connectivity index (χ3v) is 6.06. The first kappa shape index (κ1) is 17.0. The predicted molar refractivity (Wildman–Crippen MR) is 106 cm³/mol. The molecule has 0 unspecified atom stereocenters. The van der Waals surface area contributed by atoms with E-state index in [-0.39, 0.29) is 23.9 Å². The van der Waals surface area contributed by atoms with Crippen molar-refractivity contribution in [2.24, 2.45) is 13.0 Å². The Bertz CT molecular complexity index is 1060. The summed E-state index contributed by atoms with van der Waals surface area (Å²) in [5.74, 6) is 0.321. The van der Waals surface area contributed by atoms with Crippen molar-refractivity contribution in [3.05, 3.63) is 65.9 Å². The van der Waals surface area contributed by atoms with Crippen LogP contribution in [0, 0.1) is 5.92 Å². The minimum absolute atomic E-state index is 0.00891. The second-order valence-electron chi connectivity index (χ2n) is 7.80. The smallest absolute Gasteiger partial charge is 0.275 e. The second-order valence-corrected chi connectivity index (χ2v) is 7.80. The number of hydrogen-bond donors (Lipinski definition) is 1.